The standard InChI is InChI=1S/C21H28N4O2S/c1-17-5-8-19(9-6-17)28(26,27)25-13-3-2-4-20(25)18-7-10-21(23-16-18)24-14-11-22-12-15-24/h5-10,16,20,22H,2-4,11-15H2,1H3/t20-/m1/s1. The Kier molecular flexibility index (Phi) is 5.66. The van der Waals surface area contributed by atoms with E-state index in [0.29, 0.717) is 11.4 Å². The van der Waals surface area contributed by atoms with Crippen molar-refractivity contribution >= 4 is 15.8 Å². The van der Waals surface area contributed by atoms with Crippen molar-refractivity contribution in [3.63, 3.8) is 0 Å². The van der Waals surface area contributed by atoms with E-state index in [1.807, 2.05) is 31.3 Å². The molecule has 0 unspecified atom stereocenters. The molecule has 0 bridgehead atoms. The van der Waals surface area contributed by atoms with Crippen molar-refractivity contribution in [3.8, 4) is 0 Å². The normalized spacial score (nSPS) is 21.6. The minimum atomic E-state index is -3.52. The summed E-state index contributed by atoms with van der Waals surface area (Å²) in [4.78, 5) is 7.29. The number of nitrogens with one attached hydrogen (secondary N) is 1. The molecule has 2 aromatic rings. The van der Waals surface area contributed by atoms with E-state index in [1.165, 1.54) is 0 Å². The van der Waals surface area contributed by atoms with Crippen LogP contribution in [0, 0.1) is 6.92 Å². The van der Waals surface area contributed by atoms with Gasteiger partial charge >= 0.3 is 0 Å². The monoisotopic (exact) mass is 400 g/mol. The predicted molar refractivity (Wildman–Crippen MR) is 111 cm³/mol. The molecule has 1 N–H and O–H groups in total. The Balaban J connectivity index is 1.59. The van der Waals surface area contributed by atoms with Gasteiger partial charge in [-0.25, -0.2) is 13.4 Å². The Bertz CT molecular complexity index is 891. The van der Waals surface area contributed by atoms with Crippen LogP contribution in [0.3, 0.4) is 0 Å². The van der Waals surface area contributed by atoms with Crippen molar-refractivity contribution in [2.45, 2.75) is 37.1 Å². The van der Waals surface area contributed by atoms with E-state index in [4.69, 9.17) is 0 Å². The molecule has 0 saturated carbocycles. The molecule has 6 nitrogen and oxygen atoms in total. The topological polar surface area (TPSA) is 65.5 Å². The van der Waals surface area contributed by atoms with Gasteiger partial charge in [-0.1, -0.05) is 30.2 Å². The van der Waals surface area contributed by atoms with Crippen LogP contribution in [0.4, 0.5) is 5.82 Å². The van der Waals surface area contributed by atoms with E-state index in [-0.39, 0.29) is 6.04 Å². The van der Waals surface area contributed by atoms with E-state index in [2.05, 4.69) is 21.3 Å². The van der Waals surface area contributed by atoms with Crippen LogP contribution in [0.15, 0.2) is 47.5 Å². The number of hydrogen-bond acceptors (Lipinski definition) is 5. The molecule has 2 aliphatic rings. The molecule has 1 aromatic heterocycles. The molecule has 3 heterocycles. The Morgan fingerprint density at radius 1 is 1.00 bits per heavy atom. The van der Waals surface area contributed by atoms with Crippen molar-refractivity contribution in [2.75, 3.05) is 37.6 Å². The van der Waals surface area contributed by atoms with Crippen molar-refractivity contribution in [1.82, 2.24) is 14.6 Å². The molecule has 2 saturated heterocycles. The third kappa shape index (κ3) is 3.92. The minimum absolute atomic E-state index is 0.148. The van der Waals surface area contributed by atoms with Gasteiger partial charge in [-0.05, 0) is 43.5 Å². The summed E-state index contributed by atoms with van der Waals surface area (Å²) in [6.07, 6.45) is 4.63. The Labute approximate surface area is 167 Å². The zero-order valence-electron chi connectivity index (χ0n) is 16.3. The van der Waals surface area contributed by atoms with Crippen LogP contribution < -0.4 is 10.2 Å². The summed E-state index contributed by atoms with van der Waals surface area (Å²) in [5, 5.41) is 3.35. The summed E-state index contributed by atoms with van der Waals surface area (Å²) in [7, 11) is -3.52. The number of aryl methyl sites for hydroxylation is 1. The fourth-order valence-electron chi connectivity index (χ4n) is 4.05. The second-order valence-electron chi connectivity index (χ2n) is 7.63. The number of benzene rings is 1. The second-order valence-corrected chi connectivity index (χ2v) is 9.52. The molecule has 7 heteroatoms. The predicted octanol–water partition coefficient (Wildman–Crippen LogP) is 2.72. The summed E-state index contributed by atoms with van der Waals surface area (Å²) >= 11 is 0. The van der Waals surface area contributed by atoms with E-state index in [9.17, 15) is 8.42 Å². The molecule has 1 aromatic carbocycles. The number of pyridine rings is 1. The third-order valence-corrected chi connectivity index (χ3v) is 7.60. The van der Waals surface area contributed by atoms with Gasteiger partial charge in [-0.15, -0.1) is 0 Å². The highest BCUT2D eigenvalue weighted by Gasteiger charge is 2.34. The summed E-state index contributed by atoms with van der Waals surface area (Å²) in [5.41, 5.74) is 2.04. The molecule has 150 valence electrons. The first-order valence-electron chi connectivity index (χ1n) is 10.1. The average Bonchev–Trinajstić information content (AvgIpc) is 2.75. The number of rotatable bonds is 4. The quantitative estimate of drug-likeness (QED) is 0.855. The molecular formula is C21H28N4O2S. The molecule has 28 heavy (non-hydrogen) atoms. The van der Waals surface area contributed by atoms with Crippen molar-refractivity contribution in [3.05, 3.63) is 53.7 Å². The summed E-state index contributed by atoms with van der Waals surface area (Å²) in [6, 6.07) is 11.1. The number of aromatic nitrogens is 1. The van der Waals surface area contributed by atoms with Gasteiger partial charge in [0.05, 0.1) is 10.9 Å². The molecule has 0 aliphatic carbocycles. The van der Waals surface area contributed by atoms with E-state index in [0.717, 1.165) is 62.4 Å². The van der Waals surface area contributed by atoms with Gasteiger partial charge in [0.15, 0.2) is 0 Å². The van der Waals surface area contributed by atoms with Crippen molar-refractivity contribution in [1.29, 1.82) is 0 Å². The molecule has 0 amide bonds. The first-order chi connectivity index (χ1) is 13.6. The van der Waals surface area contributed by atoms with Crippen LogP contribution in [0.2, 0.25) is 0 Å². The minimum Gasteiger partial charge on any atom is -0.354 e. The molecule has 2 aliphatic heterocycles. The first kappa shape index (κ1) is 19.4. The number of piperazine rings is 1. The van der Waals surface area contributed by atoms with Crippen molar-refractivity contribution in [2.24, 2.45) is 0 Å². The molecule has 4 rings (SSSR count). The van der Waals surface area contributed by atoms with Gasteiger partial charge in [0.2, 0.25) is 10.0 Å². The van der Waals surface area contributed by atoms with Crippen LogP contribution in [-0.4, -0.2) is 50.4 Å². The largest absolute Gasteiger partial charge is 0.354 e. The first-order valence-corrected chi connectivity index (χ1v) is 11.5. The van der Waals surface area contributed by atoms with E-state index < -0.39 is 10.0 Å². The lowest BCUT2D eigenvalue weighted by Crippen LogP contribution is -2.44. The maximum absolute atomic E-state index is 13.3. The molecule has 0 spiro atoms. The lowest BCUT2D eigenvalue weighted by atomic mass is 9.99. The Morgan fingerprint density at radius 3 is 2.43 bits per heavy atom. The third-order valence-electron chi connectivity index (χ3n) is 5.68. The van der Waals surface area contributed by atoms with Gasteiger partial charge in [-0.3, -0.25) is 0 Å². The van der Waals surface area contributed by atoms with Gasteiger partial charge in [0.25, 0.3) is 0 Å². The van der Waals surface area contributed by atoms with Gasteiger partial charge in [0, 0.05) is 38.9 Å². The van der Waals surface area contributed by atoms with Crippen LogP contribution in [0.25, 0.3) is 0 Å². The molecule has 2 fully saturated rings. The van der Waals surface area contributed by atoms with Gasteiger partial charge in [0.1, 0.15) is 5.82 Å². The maximum atomic E-state index is 13.3. The highest BCUT2D eigenvalue weighted by molar-refractivity contribution is 7.89. The molecule has 1 atom stereocenters. The number of piperidine rings is 1. The van der Waals surface area contributed by atoms with Crippen LogP contribution in [-0.2, 0) is 10.0 Å². The van der Waals surface area contributed by atoms with E-state index in [1.54, 1.807) is 16.4 Å². The molecule has 0 radical (unpaired) electrons. The smallest absolute Gasteiger partial charge is 0.243 e. The number of nitrogens with zero attached hydrogens (tertiary/aromatic N) is 3. The highest BCUT2D eigenvalue weighted by Crippen LogP contribution is 2.35. The SMILES string of the molecule is Cc1ccc(S(=O)(=O)N2CCCC[C@@H]2c2ccc(N3CCNCC3)nc2)cc1. The van der Waals surface area contributed by atoms with E-state index >= 15 is 0 Å². The summed E-state index contributed by atoms with van der Waals surface area (Å²) in [6.45, 7) is 6.35. The van der Waals surface area contributed by atoms with Gasteiger partial charge < -0.3 is 10.2 Å². The number of hydrogen-bond donors (Lipinski definition) is 1. The second kappa shape index (κ2) is 8.19. The average molecular weight is 401 g/mol. The Hall–Kier alpha value is -1.96. The lowest BCUT2D eigenvalue weighted by Gasteiger charge is -2.35. The van der Waals surface area contributed by atoms with Gasteiger partial charge in [-0.2, -0.15) is 4.31 Å². The fourth-order valence-corrected chi connectivity index (χ4v) is 5.73. The Morgan fingerprint density at radius 2 is 1.75 bits per heavy atom. The number of anilines is 1. The summed E-state index contributed by atoms with van der Waals surface area (Å²) in [5.74, 6) is 0.967. The zero-order chi connectivity index (χ0) is 19.6. The zero-order valence-corrected chi connectivity index (χ0v) is 17.2. The van der Waals surface area contributed by atoms with Crippen LogP contribution in [0.1, 0.15) is 36.4 Å². The van der Waals surface area contributed by atoms with Crippen molar-refractivity contribution < 1.29 is 8.42 Å². The van der Waals surface area contributed by atoms with Crippen LogP contribution >= 0.6 is 0 Å². The maximum Gasteiger partial charge on any atom is 0.243 e. The van der Waals surface area contributed by atoms with Crippen LogP contribution in [0.5, 0.6) is 0 Å². The highest BCUT2D eigenvalue weighted by atomic mass is 32.2. The fraction of sp³-hybridized carbons (Fsp3) is 0.476. The molecular weight excluding hydrogens is 372 g/mol. The lowest BCUT2D eigenvalue weighted by molar-refractivity contribution is 0.255. The summed E-state index contributed by atoms with van der Waals surface area (Å²) < 4.78 is 28.2. The number of sulfonamides is 1.